The van der Waals surface area contributed by atoms with Crippen LogP contribution in [0.15, 0.2) is 48.5 Å². The normalized spacial score (nSPS) is 10.3. The lowest BCUT2D eigenvalue weighted by molar-refractivity contribution is 0.315. The minimum absolute atomic E-state index is 0.696. The molecule has 0 aliphatic heterocycles. The van der Waals surface area contributed by atoms with Crippen molar-refractivity contribution in [3.05, 3.63) is 59.1 Å². The predicted molar refractivity (Wildman–Crippen MR) is 85.9 cm³/mol. The van der Waals surface area contributed by atoms with Crippen LogP contribution < -0.4 is 10.1 Å². The molecule has 0 bridgehead atoms. The van der Waals surface area contributed by atoms with Gasteiger partial charge in [-0.15, -0.1) is 0 Å². The second-order valence-electron chi connectivity index (χ2n) is 4.63. The van der Waals surface area contributed by atoms with Gasteiger partial charge in [-0.1, -0.05) is 30.7 Å². The zero-order valence-corrected chi connectivity index (χ0v) is 12.5. The average Bonchev–Trinajstić information content (AvgIpc) is 2.49. The minimum Gasteiger partial charge on any atom is -0.494 e. The van der Waals surface area contributed by atoms with E-state index in [0.29, 0.717) is 6.61 Å². The Morgan fingerprint density at radius 1 is 1.00 bits per heavy atom. The van der Waals surface area contributed by atoms with Gasteiger partial charge in [-0.2, -0.15) is 0 Å². The Morgan fingerprint density at radius 3 is 2.35 bits per heavy atom. The van der Waals surface area contributed by atoms with Crippen LogP contribution in [0.3, 0.4) is 0 Å². The topological polar surface area (TPSA) is 21.3 Å². The smallest absolute Gasteiger partial charge is 0.119 e. The Bertz CT molecular complexity index is 508. The van der Waals surface area contributed by atoms with Crippen LogP contribution in [0, 0.1) is 0 Å². The highest BCUT2D eigenvalue weighted by Gasteiger charge is 1.95. The van der Waals surface area contributed by atoms with Crippen molar-refractivity contribution in [2.45, 2.75) is 19.8 Å². The SMILES string of the molecule is CCc1ccc(NCCCOc2ccc(Cl)cc2)cc1. The van der Waals surface area contributed by atoms with Gasteiger partial charge in [0.25, 0.3) is 0 Å². The molecule has 0 amide bonds. The second kappa shape index (κ2) is 7.81. The molecule has 0 saturated heterocycles. The maximum absolute atomic E-state index is 5.82. The van der Waals surface area contributed by atoms with Crippen molar-refractivity contribution in [1.29, 1.82) is 0 Å². The molecule has 0 aromatic heterocycles. The van der Waals surface area contributed by atoms with Crippen LogP contribution in [0.25, 0.3) is 0 Å². The van der Waals surface area contributed by atoms with Crippen LogP contribution in [0.2, 0.25) is 5.02 Å². The van der Waals surface area contributed by atoms with Crippen LogP contribution in [0.4, 0.5) is 5.69 Å². The summed E-state index contributed by atoms with van der Waals surface area (Å²) in [6.07, 6.45) is 2.04. The van der Waals surface area contributed by atoms with Gasteiger partial charge in [0.15, 0.2) is 0 Å². The van der Waals surface area contributed by atoms with Gasteiger partial charge < -0.3 is 10.1 Å². The number of halogens is 1. The molecule has 0 saturated carbocycles. The second-order valence-corrected chi connectivity index (χ2v) is 5.07. The van der Waals surface area contributed by atoms with Gasteiger partial charge in [0.2, 0.25) is 0 Å². The summed E-state index contributed by atoms with van der Waals surface area (Å²) >= 11 is 5.82. The summed E-state index contributed by atoms with van der Waals surface area (Å²) in [5, 5.41) is 4.12. The summed E-state index contributed by atoms with van der Waals surface area (Å²) < 4.78 is 5.64. The molecule has 0 aliphatic rings. The number of rotatable bonds is 7. The molecule has 1 N–H and O–H groups in total. The quantitative estimate of drug-likeness (QED) is 0.740. The van der Waals surface area contributed by atoms with E-state index in [9.17, 15) is 0 Å². The molecule has 2 aromatic rings. The van der Waals surface area contributed by atoms with E-state index in [1.165, 1.54) is 5.56 Å². The first kappa shape index (κ1) is 14.7. The third-order valence-corrected chi connectivity index (χ3v) is 3.35. The molecule has 0 spiro atoms. The van der Waals surface area contributed by atoms with Crippen molar-refractivity contribution >= 4 is 17.3 Å². The van der Waals surface area contributed by atoms with Crippen molar-refractivity contribution < 1.29 is 4.74 Å². The zero-order chi connectivity index (χ0) is 14.2. The Morgan fingerprint density at radius 2 is 1.70 bits per heavy atom. The Labute approximate surface area is 125 Å². The molecule has 2 rings (SSSR count). The summed E-state index contributed by atoms with van der Waals surface area (Å²) in [7, 11) is 0. The van der Waals surface area contributed by atoms with E-state index < -0.39 is 0 Å². The van der Waals surface area contributed by atoms with E-state index in [-0.39, 0.29) is 0 Å². The number of hydrogen-bond donors (Lipinski definition) is 1. The molecule has 0 heterocycles. The zero-order valence-electron chi connectivity index (χ0n) is 11.7. The third kappa shape index (κ3) is 4.78. The molecular weight excluding hydrogens is 270 g/mol. The van der Waals surface area contributed by atoms with Crippen molar-refractivity contribution in [1.82, 2.24) is 0 Å². The highest BCUT2D eigenvalue weighted by molar-refractivity contribution is 6.30. The third-order valence-electron chi connectivity index (χ3n) is 3.09. The summed E-state index contributed by atoms with van der Waals surface area (Å²) in [5.74, 6) is 0.863. The molecule has 0 unspecified atom stereocenters. The Balaban J connectivity index is 1.64. The van der Waals surface area contributed by atoms with Gasteiger partial charge in [0.05, 0.1) is 6.61 Å². The van der Waals surface area contributed by atoms with E-state index in [2.05, 4.69) is 36.5 Å². The Kier molecular flexibility index (Phi) is 5.75. The van der Waals surface area contributed by atoms with E-state index in [0.717, 1.165) is 35.8 Å². The van der Waals surface area contributed by atoms with Gasteiger partial charge in [-0.25, -0.2) is 0 Å². The number of benzene rings is 2. The highest BCUT2D eigenvalue weighted by Crippen LogP contribution is 2.15. The Hall–Kier alpha value is -1.67. The summed E-state index contributed by atoms with van der Waals surface area (Å²) in [6, 6.07) is 16.0. The summed E-state index contributed by atoms with van der Waals surface area (Å²) in [6.45, 7) is 3.76. The number of anilines is 1. The molecule has 0 atom stereocenters. The van der Waals surface area contributed by atoms with Gasteiger partial charge in [-0.05, 0) is 54.8 Å². The van der Waals surface area contributed by atoms with E-state index in [4.69, 9.17) is 16.3 Å². The monoisotopic (exact) mass is 289 g/mol. The van der Waals surface area contributed by atoms with Crippen LogP contribution in [0.1, 0.15) is 18.9 Å². The predicted octanol–water partition coefficient (Wildman–Crippen LogP) is 4.78. The maximum Gasteiger partial charge on any atom is 0.119 e. The highest BCUT2D eigenvalue weighted by atomic mass is 35.5. The molecule has 0 radical (unpaired) electrons. The van der Waals surface area contributed by atoms with Crippen LogP contribution in [-0.4, -0.2) is 13.2 Å². The number of aryl methyl sites for hydroxylation is 1. The fourth-order valence-electron chi connectivity index (χ4n) is 1.88. The first-order valence-corrected chi connectivity index (χ1v) is 7.37. The largest absolute Gasteiger partial charge is 0.494 e. The van der Waals surface area contributed by atoms with E-state index >= 15 is 0 Å². The lowest BCUT2D eigenvalue weighted by Gasteiger charge is -2.08. The van der Waals surface area contributed by atoms with Crippen LogP contribution >= 0.6 is 11.6 Å². The molecule has 106 valence electrons. The average molecular weight is 290 g/mol. The fraction of sp³-hybridized carbons (Fsp3) is 0.294. The van der Waals surface area contributed by atoms with Gasteiger partial charge >= 0.3 is 0 Å². The lowest BCUT2D eigenvalue weighted by Crippen LogP contribution is -2.07. The van der Waals surface area contributed by atoms with E-state index in [1.807, 2.05) is 24.3 Å². The standard InChI is InChI=1S/C17H20ClNO/c1-2-14-4-8-16(9-5-14)19-12-3-13-20-17-10-6-15(18)7-11-17/h4-11,19H,2-3,12-13H2,1H3. The molecule has 0 fully saturated rings. The van der Waals surface area contributed by atoms with Crippen molar-refractivity contribution in [2.75, 3.05) is 18.5 Å². The van der Waals surface area contributed by atoms with Gasteiger partial charge in [0.1, 0.15) is 5.75 Å². The summed E-state index contributed by atoms with van der Waals surface area (Å²) in [5.41, 5.74) is 2.52. The van der Waals surface area contributed by atoms with Crippen molar-refractivity contribution in [3.8, 4) is 5.75 Å². The molecular formula is C17H20ClNO. The lowest BCUT2D eigenvalue weighted by atomic mass is 10.1. The maximum atomic E-state index is 5.82. The fourth-order valence-corrected chi connectivity index (χ4v) is 2.01. The minimum atomic E-state index is 0.696. The first-order valence-electron chi connectivity index (χ1n) is 6.99. The first-order chi connectivity index (χ1) is 9.78. The molecule has 2 aromatic carbocycles. The van der Waals surface area contributed by atoms with Crippen LogP contribution in [-0.2, 0) is 6.42 Å². The van der Waals surface area contributed by atoms with E-state index in [1.54, 1.807) is 0 Å². The van der Waals surface area contributed by atoms with Crippen molar-refractivity contribution in [2.24, 2.45) is 0 Å². The molecule has 2 nitrogen and oxygen atoms in total. The number of nitrogens with one attached hydrogen (secondary N) is 1. The van der Waals surface area contributed by atoms with Gasteiger partial charge in [0, 0.05) is 17.3 Å². The number of ether oxygens (including phenoxy) is 1. The molecule has 0 aliphatic carbocycles. The van der Waals surface area contributed by atoms with Gasteiger partial charge in [-0.3, -0.25) is 0 Å². The summed E-state index contributed by atoms with van der Waals surface area (Å²) in [4.78, 5) is 0. The van der Waals surface area contributed by atoms with Crippen molar-refractivity contribution in [3.63, 3.8) is 0 Å². The number of hydrogen-bond acceptors (Lipinski definition) is 2. The molecule has 3 heteroatoms. The molecule has 20 heavy (non-hydrogen) atoms. The van der Waals surface area contributed by atoms with Crippen LogP contribution in [0.5, 0.6) is 5.75 Å².